The molecule has 0 spiro atoms. The molecule has 0 aliphatic rings. The summed E-state index contributed by atoms with van der Waals surface area (Å²) in [6.45, 7) is 6.26. The zero-order chi connectivity index (χ0) is 13.2. The SMILES string of the molecule is CCCC(CN)CCOc1ccccc1OCC. The van der Waals surface area contributed by atoms with Gasteiger partial charge < -0.3 is 15.2 Å². The molecular weight excluding hydrogens is 226 g/mol. The summed E-state index contributed by atoms with van der Waals surface area (Å²) in [5.74, 6) is 2.21. The lowest BCUT2D eigenvalue weighted by Crippen LogP contribution is -2.17. The van der Waals surface area contributed by atoms with Gasteiger partial charge in [-0.2, -0.15) is 0 Å². The van der Waals surface area contributed by atoms with Gasteiger partial charge in [0.2, 0.25) is 0 Å². The van der Waals surface area contributed by atoms with Gasteiger partial charge in [-0.1, -0.05) is 25.5 Å². The zero-order valence-electron chi connectivity index (χ0n) is 11.5. The summed E-state index contributed by atoms with van der Waals surface area (Å²) in [5, 5.41) is 0. The Labute approximate surface area is 110 Å². The van der Waals surface area contributed by atoms with Crippen LogP contribution in [0, 0.1) is 5.92 Å². The normalized spacial score (nSPS) is 12.2. The molecule has 102 valence electrons. The van der Waals surface area contributed by atoms with E-state index in [-0.39, 0.29) is 0 Å². The molecule has 0 fully saturated rings. The van der Waals surface area contributed by atoms with Gasteiger partial charge in [0, 0.05) is 0 Å². The Balaban J connectivity index is 2.42. The van der Waals surface area contributed by atoms with Crippen molar-refractivity contribution in [1.29, 1.82) is 0 Å². The predicted octanol–water partition coefficient (Wildman–Crippen LogP) is 3.23. The first kappa shape index (κ1) is 14.8. The van der Waals surface area contributed by atoms with Crippen LogP contribution in [0.1, 0.15) is 33.1 Å². The zero-order valence-corrected chi connectivity index (χ0v) is 11.5. The highest BCUT2D eigenvalue weighted by molar-refractivity contribution is 5.39. The minimum absolute atomic E-state index is 0.564. The maximum atomic E-state index is 5.79. The Kier molecular flexibility index (Phi) is 7.26. The van der Waals surface area contributed by atoms with E-state index in [2.05, 4.69) is 6.92 Å². The third-order valence-corrected chi connectivity index (χ3v) is 2.96. The van der Waals surface area contributed by atoms with Gasteiger partial charge in [0.05, 0.1) is 13.2 Å². The van der Waals surface area contributed by atoms with Gasteiger partial charge in [-0.3, -0.25) is 0 Å². The molecule has 1 aromatic carbocycles. The third-order valence-electron chi connectivity index (χ3n) is 2.96. The second-order valence-electron chi connectivity index (χ2n) is 4.41. The molecule has 0 saturated heterocycles. The van der Waals surface area contributed by atoms with Crippen LogP contribution in [0.3, 0.4) is 0 Å². The van der Waals surface area contributed by atoms with Gasteiger partial charge >= 0.3 is 0 Å². The highest BCUT2D eigenvalue weighted by Gasteiger charge is 2.07. The van der Waals surface area contributed by atoms with E-state index in [4.69, 9.17) is 15.2 Å². The number of ether oxygens (including phenoxy) is 2. The van der Waals surface area contributed by atoms with E-state index < -0.39 is 0 Å². The van der Waals surface area contributed by atoms with Crippen molar-refractivity contribution in [2.24, 2.45) is 11.7 Å². The molecule has 0 saturated carbocycles. The molecule has 0 aliphatic carbocycles. The summed E-state index contributed by atoms with van der Waals surface area (Å²) in [4.78, 5) is 0. The van der Waals surface area contributed by atoms with Crippen LogP contribution in [0.2, 0.25) is 0 Å². The predicted molar refractivity (Wildman–Crippen MR) is 75.2 cm³/mol. The molecule has 0 radical (unpaired) electrons. The van der Waals surface area contributed by atoms with Crippen molar-refractivity contribution in [3.05, 3.63) is 24.3 Å². The minimum Gasteiger partial charge on any atom is -0.490 e. The molecule has 1 atom stereocenters. The van der Waals surface area contributed by atoms with Crippen LogP contribution in [0.15, 0.2) is 24.3 Å². The minimum atomic E-state index is 0.564. The lowest BCUT2D eigenvalue weighted by molar-refractivity contribution is 0.252. The number of hydrogen-bond donors (Lipinski definition) is 1. The van der Waals surface area contributed by atoms with Gasteiger partial charge in [-0.05, 0) is 44.4 Å². The highest BCUT2D eigenvalue weighted by atomic mass is 16.5. The number of para-hydroxylation sites is 2. The summed E-state index contributed by atoms with van der Waals surface area (Å²) >= 11 is 0. The average molecular weight is 251 g/mol. The smallest absolute Gasteiger partial charge is 0.161 e. The van der Waals surface area contributed by atoms with Crippen molar-refractivity contribution in [2.75, 3.05) is 19.8 Å². The molecule has 0 heterocycles. The monoisotopic (exact) mass is 251 g/mol. The Hall–Kier alpha value is -1.22. The van der Waals surface area contributed by atoms with Crippen molar-refractivity contribution in [2.45, 2.75) is 33.1 Å². The van der Waals surface area contributed by atoms with Crippen LogP contribution < -0.4 is 15.2 Å². The van der Waals surface area contributed by atoms with Crippen LogP contribution in [-0.4, -0.2) is 19.8 Å². The van der Waals surface area contributed by atoms with Crippen molar-refractivity contribution in [3.63, 3.8) is 0 Å². The summed E-state index contributed by atoms with van der Waals surface area (Å²) in [7, 11) is 0. The number of hydrogen-bond acceptors (Lipinski definition) is 3. The first-order valence-electron chi connectivity index (χ1n) is 6.86. The third kappa shape index (κ3) is 4.96. The second-order valence-corrected chi connectivity index (χ2v) is 4.41. The maximum absolute atomic E-state index is 5.79. The van der Waals surface area contributed by atoms with Crippen LogP contribution >= 0.6 is 0 Å². The van der Waals surface area contributed by atoms with Crippen LogP contribution in [0.25, 0.3) is 0 Å². The fourth-order valence-electron chi connectivity index (χ4n) is 1.97. The van der Waals surface area contributed by atoms with Crippen LogP contribution in [-0.2, 0) is 0 Å². The Bertz CT molecular complexity index is 328. The standard InChI is InChI=1S/C15H25NO2/c1-3-7-13(12-16)10-11-18-15-9-6-5-8-14(15)17-4-2/h5-6,8-9,13H,3-4,7,10-12,16H2,1-2H3. The maximum Gasteiger partial charge on any atom is 0.161 e. The summed E-state index contributed by atoms with van der Waals surface area (Å²) in [6.07, 6.45) is 3.36. The Morgan fingerprint density at radius 3 is 2.28 bits per heavy atom. The second kappa shape index (κ2) is 8.81. The van der Waals surface area contributed by atoms with E-state index in [0.29, 0.717) is 19.1 Å². The van der Waals surface area contributed by atoms with Crippen molar-refractivity contribution < 1.29 is 9.47 Å². The molecule has 3 heteroatoms. The van der Waals surface area contributed by atoms with E-state index in [9.17, 15) is 0 Å². The van der Waals surface area contributed by atoms with Gasteiger partial charge in [0.15, 0.2) is 11.5 Å². The molecule has 1 unspecified atom stereocenters. The summed E-state index contributed by atoms with van der Waals surface area (Å²) < 4.78 is 11.3. The lowest BCUT2D eigenvalue weighted by atomic mass is 10.0. The molecule has 0 bridgehead atoms. The molecule has 2 N–H and O–H groups in total. The molecule has 0 amide bonds. The number of nitrogens with two attached hydrogens (primary N) is 1. The van der Waals surface area contributed by atoms with Gasteiger partial charge in [0.25, 0.3) is 0 Å². The van der Waals surface area contributed by atoms with Gasteiger partial charge in [-0.15, -0.1) is 0 Å². The number of benzene rings is 1. The quantitative estimate of drug-likeness (QED) is 0.733. The fourth-order valence-corrected chi connectivity index (χ4v) is 1.97. The van der Waals surface area contributed by atoms with Gasteiger partial charge in [0.1, 0.15) is 0 Å². The molecule has 3 nitrogen and oxygen atoms in total. The summed E-state index contributed by atoms with van der Waals surface area (Å²) in [5.41, 5.74) is 5.74. The molecule has 0 aliphatic heterocycles. The highest BCUT2D eigenvalue weighted by Crippen LogP contribution is 2.26. The van der Waals surface area contributed by atoms with Crippen LogP contribution in [0.4, 0.5) is 0 Å². The largest absolute Gasteiger partial charge is 0.490 e. The first-order valence-corrected chi connectivity index (χ1v) is 6.86. The summed E-state index contributed by atoms with van der Waals surface area (Å²) in [6, 6.07) is 7.80. The number of rotatable bonds is 9. The topological polar surface area (TPSA) is 44.5 Å². The lowest BCUT2D eigenvalue weighted by Gasteiger charge is -2.15. The van der Waals surface area contributed by atoms with Crippen molar-refractivity contribution in [3.8, 4) is 11.5 Å². The van der Waals surface area contributed by atoms with Crippen molar-refractivity contribution >= 4 is 0 Å². The van der Waals surface area contributed by atoms with E-state index in [1.165, 1.54) is 12.8 Å². The van der Waals surface area contributed by atoms with Crippen molar-refractivity contribution in [1.82, 2.24) is 0 Å². The van der Waals surface area contributed by atoms with Gasteiger partial charge in [-0.25, -0.2) is 0 Å². The Morgan fingerprint density at radius 2 is 1.72 bits per heavy atom. The average Bonchev–Trinajstić information content (AvgIpc) is 2.40. The van der Waals surface area contributed by atoms with E-state index in [1.54, 1.807) is 0 Å². The fraction of sp³-hybridized carbons (Fsp3) is 0.600. The van der Waals surface area contributed by atoms with Crippen LogP contribution in [0.5, 0.6) is 11.5 Å². The molecule has 1 aromatic rings. The molecule has 1 rings (SSSR count). The molecule has 0 aromatic heterocycles. The Morgan fingerprint density at radius 1 is 1.06 bits per heavy atom. The van der Waals surface area contributed by atoms with E-state index in [1.807, 2.05) is 31.2 Å². The van der Waals surface area contributed by atoms with E-state index >= 15 is 0 Å². The molecule has 18 heavy (non-hydrogen) atoms. The molecular formula is C15H25NO2. The first-order chi connectivity index (χ1) is 8.81. The van der Waals surface area contributed by atoms with E-state index in [0.717, 1.165) is 24.5 Å².